The SMILES string of the molecule is CNC(=O)c1[nH]c(-c2ccccc2)cc1OC(C)c1ccccc1. The van der Waals surface area contributed by atoms with Crippen molar-refractivity contribution in [2.45, 2.75) is 13.0 Å². The van der Waals surface area contributed by atoms with Crippen LogP contribution in [0.15, 0.2) is 66.7 Å². The number of aromatic nitrogens is 1. The molecular formula is C20H20N2O2. The van der Waals surface area contributed by atoms with Gasteiger partial charge in [0.15, 0.2) is 5.75 Å². The van der Waals surface area contributed by atoms with Gasteiger partial charge in [-0.2, -0.15) is 0 Å². The van der Waals surface area contributed by atoms with Crippen molar-refractivity contribution in [1.29, 1.82) is 0 Å². The molecule has 1 unspecified atom stereocenters. The molecule has 24 heavy (non-hydrogen) atoms. The fourth-order valence-electron chi connectivity index (χ4n) is 2.58. The van der Waals surface area contributed by atoms with Crippen LogP contribution in [0.4, 0.5) is 0 Å². The minimum atomic E-state index is -0.201. The van der Waals surface area contributed by atoms with Crippen molar-refractivity contribution in [3.63, 3.8) is 0 Å². The molecule has 0 saturated heterocycles. The summed E-state index contributed by atoms with van der Waals surface area (Å²) in [5, 5.41) is 2.65. The van der Waals surface area contributed by atoms with Gasteiger partial charge in [0.2, 0.25) is 0 Å². The zero-order valence-electron chi connectivity index (χ0n) is 13.7. The maximum Gasteiger partial charge on any atom is 0.271 e. The van der Waals surface area contributed by atoms with Crippen LogP contribution in [0.2, 0.25) is 0 Å². The molecule has 1 amide bonds. The van der Waals surface area contributed by atoms with Crippen LogP contribution in [0.25, 0.3) is 11.3 Å². The van der Waals surface area contributed by atoms with Gasteiger partial charge in [-0.15, -0.1) is 0 Å². The Morgan fingerprint density at radius 3 is 2.29 bits per heavy atom. The number of ether oxygens (including phenoxy) is 1. The lowest BCUT2D eigenvalue weighted by molar-refractivity contribution is 0.0952. The Balaban J connectivity index is 1.94. The average Bonchev–Trinajstić information content (AvgIpc) is 3.06. The number of benzene rings is 2. The quantitative estimate of drug-likeness (QED) is 0.741. The van der Waals surface area contributed by atoms with E-state index in [0.717, 1.165) is 16.8 Å². The first kappa shape index (κ1) is 15.9. The van der Waals surface area contributed by atoms with Gasteiger partial charge in [0, 0.05) is 18.8 Å². The van der Waals surface area contributed by atoms with Gasteiger partial charge in [0.25, 0.3) is 5.91 Å². The number of carbonyl (C=O) groups is 1. The van der Waals surface area contributed by atoms with E-state index < -0.39 is 0 Å². The van der Waals surface area contributed by atoms with E-state index in [4.69, 9.17) is 4.74 Å². The molecule has 2 N–H and O–H groups in total. The molecule has 0 fully saturated rings. The summed E-state index contributed by atoms with van der Waals surface area (Å²) in [4.78, 5) is 15.3. The van der Waals surface area contributed by atoms with Gasteiger partial charge in [0.05, 0.1) is 0 Å². The van der Waals surface area contributed by atoms with Crippen molar-refractivity contribution in [2.24, 2.45) is 0 Å². The Labute approximate surface area is 141 Å². The zero-order chi connectivity index (χ0) is 16.9. The standard InChI is InChI=1S/C20H20N2O2/c1-14(15-9-5-3-6-10-15)24-18-13-17(16-11-7-4-8-12-16)22-19(18)20(23)21-2/h3-14,22H,1-2H3,(H,21,23). The highest BCUT2D eigenvalue weighted by atomic mass is 16.5. The van der Waals surface area contributed by atoms with E-state index in [1.54, 1.807) is 7.05 Å². The van der Waals surface area contributed by atoms with Crippen LogP contribution >= 0.6 is 0 Å². The van der Waals surface area contributed by atoms with Crippen LogP contribution in [-0.4, -0.2) is 17.9 Å². The van der Waals surface area contributed by atoms with Crippen molar-refractivity contribution in [3.8, 4) is 17.0 Å². The van der Waals surface area contributed by atoms with Gasteiger partial charge in [-0.3, -0.25) is 4.79 Å². The summed E-state index contributed by atoms with van der Waals surface area (Å²) < 4.78 is 6.06. The summed E-state index contributed by atoms with van der Waals surface area (Å²) in [6.07, 6.45) is -0.158. The van der Waals surface area contributed by atoms with Crippen LogP contribution in [0.3, 0.4) is 0 Å². The van der Waals surface area contributed by atoms with Gasteiger partial charge < -0.3 is 15.0 Å². The lowest BCUT2D eigenvalue weighted by atomic mass is 10.1. The monoisotopic (exact) mass is 320 g/mol. The number of hydrogen-bond acceptors (Lipinski definition) is 2. The van der Waals surface area contributed by atoms with Gasteiger partial charge in [-0.25, -0.2) is 0 Å². The third-order valence-electron chi connectivity index (χ3n) is 3.89. The van der Waals surface area contributed by atoms with Crippen molar-refractivity contribution < 1.29 is 9.53 Å². The molecule has 1 heterocycles. The van der Waals surface area contributed by atoms with Gasteiger partial charge in [-0.05, 0) is 18.1 Å². The first-order valence-corrected chi connectivity index (χ1v) is 7.91. The van der Waals surface area contributed by atoms with E-state index in [2.05, 4.69) is 10.3 Å². The number of hydrogen-bond donors (Lipinski definition) is 2. The van der Waals surface area contributed by atoms with E-state index in [9.17, 15) is 4.79 Å². The summed E-state index contributed by atoms with van der Waals surface area (Å²) in [7, 11) is 1.61. The Bertz CT molecular complexity index is 810. The second kappa shape index (κ2) is 7.04. The molecule has 0 aliphatic carbocycles. The molecule has 1 aromatic heterocycles. The van der Waals surface area contributed by atoms with E-state index in [1.165, 1.54) is 0 Å². The summed E-state index contributed by atoms with van der Waals surface area (Å²) in [5.74, 6) is 0.344. The molecule has 0 bridgehead atoms. The van der Waals surface area contributed by atoms with Crippen molar-refractivity contribution in [3.05, 3.63) is 78.0 Å². The largest absolute Gasteiger partial charge is 0.484 e. The summed E-state index contributed by atoms with van der Waals surface area (Å²) in [6, 6.07) is 21.7. The number of H-pyrrole nitrogens is 1. The lowest BCUT2D eigenvalue weighted by Crippen LogP contribution is -2.19. The van der Waals surface area contributed by atoms with Crippen LogP contribution < -0.4 is 10.1 Å². The number of carbonyl (C=O) groups excluding carboxylic acids is 1. The summed E-state index contributed by atoms with van der Waals surface area (Å²) in [6.45, 7) is 1.97. The molecule has 4 nitrogen and oxygen atoms in total. The molecule has 2 aromatic carbocycles. The first-order valence-electron chi connectivity index (χ1n) is 7.91. The predicted molar refractivity (Wildman–Crippen MR) is 95.1 cm³/mol. The van der Waals surface area contributed by atoms with E-state index in [-0.39, 0.29) is 12.0 Å². The highest BCUT2D eigenvalue weighted by Crippen LogP contribution is 2.30. The van der Waals surface area contributed by atoms with Gasteiger partial charge in [-0.1, -0.05) is 60.7 Å². The number of nitrogens with one attached hydrogen (secondary N) is 2. The third-order valence-corrected chi connectivity index (χ3v) is 3.89. The van der Waals surface area contributed by atoms with Crippen LogP contribution in [-0.2, 0) is 0 Å². The smallest absolute Gasteiger partial charge is 0.271 e. The highest BCUT2D eigenvalue weighted by molar-refractivity contribution is 5.96. The zero-order valence-corrected chi connectivity index (χ0v) is 13.7. The Kier molecular flexibility index (Phi) is 4.66. The van der Waals surface area contributed by atoms with E-state index in [1.807, 2.05) is 73.7 Å². The summed E-state index contributed by atoms with van der Waals surface area (Å²) >= 11 is 0. The molecule has 0 spiro atoms. The molecule has 1 atom stereocenters. The van der Waals surface area contributed by atoms with Gasteiger partial charge in [0.1, 0.15) is 11.8 Å². The normalized spacial score (nSPS) is 11.8. The van der Waals surface area contributed by atoms with Gasteiger partial charge >= 0.3 is 0 Å². The minimum Gasteiger partial charge on any atom is -0.484 e. The van der Waals surface area contributed by atoms with E-state index >= 15 is 0 Å². The molecule has 3 rings (SSSR count). The highest BCUT2D eigenvalue weighted by Gasteiger charge is 2.19. The Morgan fingerprint density at radius 1 is 1.04 bits per heavy atom. The van der Waals surface area contributed by atoms with Crippen LogP contribution in [0, 0.1) is 0 Å². The van der Waals surface area contributed by atoms with Crippen molar-refractivity contribution in [2.75, 3.05) is 7.05 Å². The number of amides is 1. The van der Waals surface area contributed by atoms with Crippen molar-refractivity contribution in [1.82, 2.24) is 10.3 Å². The topological polar surface area (TPSA) is 54.1 Å². The maximum atomic E-state index is 12.2. The second-order valence-corrected chi connectivity index (χ2v) is 5.54. The molecule has 0 aliphatic heterocycles. The molecular weight excluding hydrogens is 300 g/mol. The third kappa shape index (κ3) is 3.33. The van der Waals surface area contributed by atoms with Crippen molar-refractivity contribution >= 4 is 5.91 Å². The minimum absolute atomic E-state index is 0.158. The second-order valence-electron chi connectivity index (χ2n) is 5.54. The molecule has 0 saturated carbocycles. The number of aromatic amines is 1. The number of rotatable bonds is 5. The molecule has 0 radical (unpaired) electrons. The Hall–Kier alpha value is -3.01. The molecule has 0 aliphatic rings. The fraction of sp³-hybridized carbons (Fsp3) is 0.150. The van der Waals surface area contributed by atoms with E-state index in [0.29, 0.717) is 11.4 Å². The predicted octanol–water partition coefficient (Wildman–Crippen LogP) is 4.18. The fourth-order valence-corrected chi connectivity index (χ4v) is 2.58. The van der Waals surface area contributed by atoms with Crippen LogP contribution in [0.1, 0.15) is 29.1 Å². The maximum absolute atomic E-state index is 12.2. The lowest BCUT2D eigenvalue weighted by Gasteiger charge is -2.14. The Morgan fingerprint density at radius 2 is 1.67 bits per heavy atom. The molecule has 4 heteroatoms. The first-order chi connectivity index (χ1) is 11.7. The van der Waals surface area contributed by atoms with Crippen LogP contribution in [0.5, 0.6) is 5.75 Å². The molecule has 122 valence electrons. The summed E-state index contributed by atoms with van der Waals surface area (Å²) in [5.41, 5.74) is 3.34. The molecule has 3 aromatic rings. The average molecular weight is 320 g/mol.